The minimum Gasteiger partial charge on any atom is -0.448 e. The molecule has 0 bridgehead atoms. The number of nitrogen functional groups attached to an aromatic ring is 1. The van der Waals surface area contributed by atoms with Crippen molar-refractivity contribution < 1.29 is 14.3 Å². The Morgan fingerprint density at radius 3 is 2.68 bits per heavy atom. The molecule has 0 unspecified atom stereocenters. The van der Waals surface area contributed by atoms with Crippen LogP contribution in [0.1, 0.15) is 49.9 Å². The number of fused-ring (bicyclic) bond motifs is 1. The highest BCUT2D eigenvalue weighted by atomic mass is 16.6. The van der Waals surface area contributed by atoms with Gasteiger partial charge in [-0.3, -0.25) is 0 Å². The van der Waals surface area contributed by atoms with Gasteiger partial charge in [-0.1, -0.05) is 30.3 Å². The molecule has 2 amide bonds. The largest absolute Gasteiger partial charge is 0.448 e. The van der Waals surface area contributed by atoms with Gasteiger partial charge >= 0.3 is 12.1 Å². The van der Waals surface area contributed by atoms with Gasteiger partial charge in [0, 0.05) is 17.5 Å². The van der Waals surface area contributed by atoms with E-state index in [0.29, 0.717) is 23.7 Å². The van der Waals surface area contributed by atoms with E-state index in [2.05, 4.69) is 22.5 Å². The lowest BCUT2D eigenvalue weighted by Crippen LogP contribution is -2.47. The van der Waals surface area contributed by atoms with Gasteiger partial charge in [0.15, 0.2) is 0 Å². The summed E-state index contributed by atoms with van der Waals surface area (Å²) in [6, 6.07) is 10.2. The van der Waals surface area contributed by atoms with Crippen LogP contribution >= 0.6 is 0 Å². The van der Waals surface area contributed by atoms with Gasteiger partial charge in [0.25, 0.3) is 0 Å². The second-order valence-electron chi connectivity index (χ2n) is 7.78. The van der Waals surface area contributed by atoms with Crippen LogP contribution in [0, 0.1) is 0 Å². The molecule has 2 atom stereocenters. The number of aromatic nitrogens is 2. The fraction of sp³-hybridized carbons (Fsp3) is 0.450. The van der Waals surface area contributed by atoms with E-state index in [9.17, 15) is 9.59 Å². The first kappa shape index (κ1) is 18.3. The predicted octanol–water partition coefficient (Wildman–Crippen LogP) is 2.79. The van der Waals surface area contributed by atoms with E-state index in [1.165, 1.54) is 5.56 Å². The summed E-state index contributed by atoms with van der Waals surface area (Å²) in [6.45, 7) is 6.08. The molecule has 0 spiro atoms. The first-order chi connectivity index (χ1) is 13.3. The SMILES string of the molecule is CCOC(=O)n1nc2c(c1N)CN(C(=O)N[C@@H]1C[C@H]1c1ccccc1)C2(C)C. The minimum absolute atomic E-state index is 0.135. The molecule has 4 rings (SSSR count). The van der Waals surface area contributed by atoms with Crippen LogP contribution < -0.4 is 11.1 Å². The maximum Gasteiger partial charge on any atom is 0.436 e. The molecule has 2 aromatic rings. The number of carbonyl (C=O) groups is 2. The molecule has 0 saturated heterocycles. The molecule has 1 aromatic carbocycles. The number of ether oxygens (including phenoxy) is 1. The molecule has 148 valence electrons. The highest BCUT2D eigenvalue weighted by Crippen LogP contribution is 2.43. The summed E-state index contributed by atoms with van der Waals surface area (Å²) in [6.07, 6.45) is 0.330. The Morgan fingerprint density at radius 1 is 1.32 bits per heavy atom. The van der Waals surface area contributed by atoms with Gasteiger partial charge in [-0.2, -0.15) is 5.10 Å². The summed E-state index contributed by atoms with van der Waals surface area (Å²) in [4.78, 5) is 26.7. The summed E-state index contributed by atoms with van der Waals surface area (Å²) in [5, 5.41) is 7.47. The molecular formula is C20H25N5O3. The van der Waals surface area contributed by atoms with Gasteiger partial charge < -0.3 is 20.7 Å². The summed E-state index contributed by atoms with van der Waals surface area (Å²) >= 11 is 0. The molecule has 1 fully saturated rings. The van der Waals surface area contributed by atoms with Crippen LogP contribution in [-0.4, -0.2) is 39.5 Å². The molecule has 2 aliphatic rings. The third-order valence-electron chi connectivity index (χ3n) is 5.61. The molecular weight excluding hydrogens is 358 g/mol. The minimum atomic E-state index is -0.678. The van der Waals surface area contributed by atoms with Crippen LogP contribution in [0.2, 0.25) is 0 Å². The van der Waals surface area contributed by atoms with Crippen molar-refractivity contribution in [3.05, 3.63) is 47.2 Å². The van der Waals surface area contributed by atoms with E-state index in [1.54, 1.807) is 11.8 Å². The van der Waals surface area contributed by atoms with Crippen LogP contribution in [0.15, 0.2) is 30.3 Å². The zero-order chi connectivity index (χ0) is 20.1. The number of nitrogens with one attached hydrogen (secondary N) is 1. The van der Waals surface area contributed by atoms with Crippen molar-refractivity contribution in [2.75, 3.05) is 12.3 Å². The third kappa shape index (κ3) is 2.89. The Labute approximate surface area is 163 Å². The second kappa shape index (κ2) is 6.54. The lowest BCUT2D eigenvalue weighted by Gasteiger charge is -2.31. The molecule has 1 aliphatic heterocycles. The molecule has 1 aromatic heterocycles. The lowest BCUT2D eigenvalue weighted by atomic mass is 10.0. The van der Waals surface area contributed by atoms with E-state index >= 15 is 0 Å². The number of hydrogen-bond donors (Lipinski definition) is 2. The van der Waals surface area contributed by atoms with Crippen LogP contribution in [-0.2, 0) is 16.8 Å². The Balaban J connectivity index is 1.47. The maximum absolute atomic E-state index is 12.9. The first-order valence-electron chi connectivity index (χ1n) is 9.52. The molecule has 1 saturated carbocycles. The summed E-state index contributed by atoms with van der Waals surface area (Å²) in [7, 11) is 0. The van der Waals surface area contributed by atoms with Gasteiger partial charge in [0.2, 0.25) is 0 Å². The average molecular weight is 383 g/mol. The number of nitrogens with zero attached hydrogens (tertiary/aromatic N) is 3. The number of benzene rings is 1. The van der Waals surface area contributed by atoms with Crippen LogP contribution in [0.25, 0.3) is 0 Å². The van der Waals surface area contributed by atoms with E-state index in [4.69, 9.17) is 10.5 Å². The number of hydrogen-bond acceptors (Lipinski definition) is 5. The first-order valence-corrected chi connectivity index (χ1v) is 9.52. The van der Waals surface area contributed by atoms with Gasteiger partial charge in [-0.25, -0.2) is 9.59 Å². The highest BCUT2D eigenvalue weighted by Gasteiger charge is 2.47. The van der Waals surface area contributed by atoms with E-state index in [-0.39, 0.29) is 24.5 Å². The summed E-state index contributed by atoms with van der Waals surface area (Å²) < 4.78 is 6.07. The molecule has 3 N–H and O–H groups in total. The lowest BCUT2D eigenvalue weighted by molar-refractivity contribution is 0.138. The van der Waals surface area contributed by atoms with Gasteiger partial charge in [-0.05, 0) is 32.8 Å². The number of carbonyl (C=O) groups excluding carboxylic acids is 2. The van der Waals surface area contributed by atoms with Crippen molar-refractivity contribution >= 4 is 17.9 Å². The molecule has 8 nitrogen and oxygen atoms in total. The van der Waals surface area contributed by atoms with Crippen molar-refractivity contribution in [1.82, 2.24) is 20.0 Å². The summed E-state index contributed by atoms with van der Waals surface area (Å²) in [5.41, 5.74) is 8.01. The maximum atomic E-state index is 12.9. The predicted molar refractivity (Wildman–Crippen MR) is 104 cm³/mol. The zero-order valence-electron chi connectivity index (χ0n) is 16.3. The fourth-order valence-electron chi connectivity index (χ4n) is 3.90. The number of amides is 2. The number of nitrogens with two attached hydrogens (primary N) is 1. The third-order valence-corrected chi connectivity index (χ3v) is 5.61. The second-order valence-corrected chi connectivity index (χ2v) is 7.78. The van der Waals surface area contributed by atoms with Crippen molar-refractivity contribution in [3.63, 3.8) is 0 Å². The summed E-state index contributed by atoms with van der Waals surface area (Å²) in [5.74, 6) is 0.585. The normalized spacial score (nSPS) is 21.9. The van der Waals surface area contributed by atoms with E-state index in [0.717, 1.165) is 11.1 Å². The quantitative estimate of drug-likeness (QED) is 0.848. The fourth-order valence-corrected chi connectivity index (χ4v) is 3.90. The Bertz CT molecular complexity index is 921. The standard InChI is InChI=1S/C20H25N5O3/c1-4-28-19(27)25-17(21)14-11-24(20(2,3)16(14)23-25)18(26)22-15-10-13(15)12-8-6-5-7-9-12/h5-9,13,15H,4,10-11,21H2,1-3H3,(H,22,26)/t13-,15+/m0/s1. The monoisotopic (exact) mass is 383 g/mol. The molecule has 0 radical (unpaired) electrons. The molecule has 2 heterocycles. The molecule has 1 aliphatic carbocycles. The van der Waals surface area contributed by atoms with Crippen LogP contribution in [0.4, 0.5) is 15.4 Å². The Kier molecular flexibility index (Phi) is 4.28. The van der Waals surface area contributed by atoms with E-state index < -0.39 is 11.6 Å². The van der Waals surface area contributed by atoms with Gasteiger partial charge in [0.05, 0.1) is 24.4 Å². The number of rotatable bonds is 3. The van der Waals surface area contributed by atoms with Crippen molar-refractivity contribution in [3.8, 4) is 0 Å². The number of anilines is 1. The van der Waals surface area contributed by atoms with Crippen LogP contribution in [0.5, 0.6) is 0 Å². The average Bonchev–Trinajstić information content (AvgIpc) is 3.26. The Morgan fingerprint density at radius 2 is 2.04 bits per heavy atom. The Hall–Kier alpha value is -3.03. The zero-order valence-corrected chi connectivity index (χ0v) is 16.3. The van der Waals surface area contributed by atoms with Crippen molar-refractivity contribution in [1.29, 1.82) is 0 Å². The van der Waals surface area contributed by atoms with Crippen molar-refractivity contribution in [2.45, 2.75) is 51.2 Å². The smallest absolute Gasteiger partial charge is 0.436 e. The van der Waals surface area contributed by atoms with Gasteiger partial charge in [-0.15, -0.1) is 4.68 Å². The van der Waals surface area contributed by atoms with Crippen molar-refractivity contribution in [2.24, 2.45) is 0 Å². The molecule has 28 heavy (non-hydrogen) atoms. The number of urea groups is 1. The molecule has 8 heteroatoms. The highest BCUT2D eigenvalue weighted by molar-refractivity contribution is 5.80. The topological polar surface area (TPSA) is 102 Å². The van der Waals surface area contributed by atoms with Crippen LogP contribution in [0.3, 0.4) is 0 Å². The van der Waals surface area contributed by atoms with Gasteiger partial charge in [0.1, 0.15) is 5.82 Å². The van der Waals surface area contributed by atoms with E-state index in [1.807, 2.05) is 32.0 Å².